The SMILES string of the molecule is N#Cc1ccc(C(F)(F)F)c(N2C[C@@H](C(F)(F)F)[C@H](C(=O)O)C2)c1. The molecule has 0 aliphatic carbocycles. The predicted octanol–water partition coefficient (Wildman–Crippen LogP) is 3.28. The van der Waals surface area contributed by atoms with E-state index in [1.165, 1.54) is 0 Å². The lowest BCUT2D eigenvalue weighted by atomic mass is 9.96. The molecule has 130 valence electrons. The monoisotopic (exact) mass is 352 g/mol. The first-order chi connectivity index (χ1) is 10.9. The summed E-state index contributed by atoms with van der Waals surface area (Å²) in [7, 11) is 0. The van der Waals surface area contributed by atoms with Crippen LogP contribution in [0.1, 0.15) is 11.1 Å². The number of hydrogen-bond acceptors (Lipinski definition) is 3. The van der Waals surface area contributed by atoms with Crippen molar-refractivity contribution in [3.05, 3.63) is 29.3 Å². The number of nitrogens with zero attached hydrogens (tertiary/aromatic N) is 2. The second kappa shape index (κ2) is 5.89. The molecule has 0 unspecified atom stereocenters. The van der Waals surface area contributed by atoms with E-state index in [-0.39, 0.29) is 5.56 Å². The van der Waals surface area contributed by atoms with E-state index in [2.05, 4.69) is 0 Å². The first kappa shape index (κ1) is 17.9. The topological polar surface area (TPSA) is 64.3 Å². The Morgan fingerprint density at radius 1 is 1.21 bits per heavy atom. The number of carboxylic acids is 1. The van der Waals surface area contributed by atoms with Gasteiger partial charge >= 0.3 is 18.3 Å². The minimum atomic E-state index is -4.86. The summed E-state index contributed by atoms with van der Waals surface area (Å²) in [5.74, 6) is -5.90. The van der Waals surface area contributed by atoms with Gasteiger partial charge in [0.15, 0.2) is 0 Å². The molecule has 0 saturated carbocycles. The van der Waals surface area contributed by atoms with E-state index in [0.717, 1.165) is 17.0 Å². The van der Waals surface area contributed by atoms with Gasteiger partial charge in [-0.25, -0.2) is 0 Å². The van der Waals surface area contributed by atoms with Gasteiger partial charge in [-0.05, 0) is 18.2 Å². The van der Waals surface area contributed by atoms with Crippen molar-refractivity contribution in [3.63, 3.8) is 0 Å². The van der Waals surface area contributed by atoms with Gasteiger partial charge in [0.1, 0.15) is 0 Å². The zero-order valence-electron chi connectivity index (χ0n) is 11.8. The molecule has 1 aliphatic rings. The van der Waals surface area contributed by atoms with Crippen LogP contribution in [0.25, 0.3) is 0 Å². The fraction of sp³-hybridized carbons (Fsp3) is 0.429. The first-order valence-corrected chi connectivity index (χ1v) is 6.61. The predicted molar refractivity (Wildman–Crippen MR) is 69.0 cm³/mol. The Labute approximate surface area is 131 Å². The largest absolute Gasteiger partial charge is 0.481 e. The summed E-state index contributed by atoms with van der Waals surface area (Å²) in [4.78, 5) is 11.8. The third-order valence-corrected chi connectivity index (χ3v) is 3.83. The number of anilines is 1. The van der Waals surface area contributed by atoms with Crippen LogP contribution in [0.3, 0.4) is 0 Å². The van der Waals surface area contributed by atoms with Crippen LogP contribution in [-0.2, 0) is 11.0 Å². The summed E-state index contributed by atoms with van der Waals surface area (Å²) < 4.78 is 78.2. The fourth-order valence-electron chi connectivity index (χ4n) is 2.68. The third kappa shape index (κ3) is 3.39. The molecule has 1 fully saturated rings. The molecule has 10 heteroatoms. The minimum absolute atomic E-state index is 0.166. The molecular weight excluding hydrogens is 342 g/mol. The lowest BCUT2D eigenvalue weighted by Crippen LogP contribution is -2.33. The number of aliphatic carboxylic acids is 1. The molecule has 2 atom stereocenters. The van der Waals surface area contributed by atoms with Crippen molar-refractivity contribution < 1.29 is 36.2 Å². The molecule has 0 spiro atoms. The molecule has 2 rings (SSSR count). The lowest BCUT2D eigenvalue weighted by Gasteiger charge is -2.23. The maximum Gasteiger partial charge on any atom is 0.418 e. The zero-order valence-corrected chi connectivity index (χ0v) is 11.8. The van der Waals surface area contributed by atoms with E-state index < -0.39 is 54.5 Å². The van der Waals surface area contributed by atoms with E-state index in [0.29, 0.717) is 6.07 Å². The molecule has 4 nitrogen and oxygen atoms in total. The molecule has 1 heterocycles. The lowest BCUT2D eigenvalue weighted by molar-refractivity contribution is -0.187. The number of rotatable bonds is 2. The minimum Gasteiger partial charge on any atom is -0.481 e. The Morgan fingerprint density at radius 3 is 2.25 bits per heavy atom. The van der Waals surface area contributed by atoms with Crippen molar-refractivity contribution in [1.29, 1.82) is 5.26 Å². The van der Waals surface area contributed by atoms with Crippen LogP contribution in [0.2, 0.25) is 0 Å². The Balaban J connectivity index is 2.49. The molecule has 0 aromatic heterocycles. The number of carbonyl (C=O) groups is 1. The van der Waals surface area contributed by atoms with Gasteiger partial charge in [-0.15, -0.1) is 0 Å². The van der Waals surface area contributed by atoms with Gasteiger partial charge in [-0.3, -0.25) is 4.79 Å². The number of carboxylic acid groups (broad SMARTS) is 1. The Morgan fingerprint density at radius 2 is 1.83 bits per heavy atom. The van der Waals surface area contributed by atoms with Crippen LogP contribution in [0, 0.1) is 23.2 Å². The maximum absolute atomic E-state index is 13.1. The highest BCUT2D eigenvalue weighted by atomic mass is 19.4. The van der Waals surface area contributed by atoms with Gasteiger partial charge < -0.3 is 10.0 Å². The average Bonchev–Trinajstić information content (AvgIpc) is 2.91. The standard InChI is InChI=1S/C14H10F6N2O2/c15-13(16,17)9-2-1-7(4-21)3-11(9)22-5-8(12(23)24)10(6-22)14(18,19)20/h1-3,8,10H,5-6H2,(H,23,24)/t8-,10-/m1/s1. The molecule has 1 aromatic carbocycles. The molecule has 1 aliphatic heterocycles. The van der Waals surface area contributed by atoms with E-state index >= 15 is 0 Å². The molecule has 0 bridgehead atoms. The molecule has 1 saturated heterocycles. The number of halogens is 6. The normalized spacial score (nSPS) is 21.6. The summed E-state index contributed by atoms with van der Waals surface area (Å²) in [5, 5.41) is 17.7. The van der Waals surface area contributed by atoms with Crippen molar-refractivity contribution in [2.24, 2.45) is 11.8 Å². The summed E-state index contributed by atoms with van der Waals surface area (Å²) in [5.41, 5.74) is -2.01. The molecule has 1 N–H and O–H groups in total. The maximum atomic E-state index is 13.1. The first-order valence-electron chi connectivity index (χ1n) is 6.61. The summed E-state index contributed by atoms with van der Waals surface area (Å²) in [6.07, 6.45) is -9.71. The second-order valence-corrected chi connectivity index (χ2v) is 5.34. The van der Waals surface area contributed by atoms with E-state index in [4.69, 9.17) is 10.4 Å². The van der Waals surface area contributed by atoms with Crippen LogP contribution in [0.4, 0.5) is 32.0 Å². The van der Waals surface area contributed by atoms with Gasteiger partial charge in [-0.1, -0.05) is 0 Å². The number of hydrogen-bond donors (Lipinski definition) is 1. The van der Waals surface area contributed by atoms with Crippen LogP contribution in [0.15, 0.2) is 18.2 Å². The van der Waals surface area contributed by atoms with Crippen LogP contribution < -0.4 is 4.90 Å². The van der Waals surface area contributed by atoms with Gasteiger partial charge in [0.25, 0.3) is 0 Å². The Bertz CT molecular complexity index is 692. The number of benzene rings is 1. The highest BCUT2D eigenvalue weighted by Gasteiger charge is 2.53. The van der Waals surface area contributed by atoms with E-state index in [9.17, 15) is 31.1 Å². The second-order valence-electron chi connectivity index (χ2n) is 5.34. The third-order valence-electron chi connectivity index (χ3n) is 3.83. The molecule has 1 aromatic rings. The fourth-order valence-corrected chi connectivity index (χ4v) is 2.68. The summed E-state index contributed by atoms with van der Waals surface area (Å²) in [6, 6.07) is 3.94. The number of alkyl halides is 6. The molecule has 0 radical (unpaired) electrons. The van der Waals surface area contributed by atoms with Crippen molar-refractivity contribution in [2.75, 3.05) is 18.0 Å². The summed E-state index contributed by atoms with van der Waals surface area (Å²) in [6.45, 7) is -1.64. The van der Waals surface area contributed by atoms with Crippen molar-refractivity contribution in [1.82, 2.24) is 0 Å². The van der Waals surface area contributed by atoms with Crippen LogP contribution in [-0.4, -0.2) is 30.3 Å². The smallest absolute Gasteiger partial charge is 0.418 e. The number of nitriles is 1. The molecular formula is C14H10F6N2O2. The van der Waals surface area contributed by atoms with Crippen molar-refractivity contribution in [3.8, 4) is 6.07 Å². The highest BCUT2D eigenvalue weighted by Crippen LogP contribution is 2.43. The van der Waals surface area contributed by atoms with Gasteiger partial charge in [0.2, 0.25) is 0 Å². The van der Waals surface area contributed by atoms with Gasteiger partial charge in [-0.2, -0.15) is 31.6 Å². The quantitative estimate of drug-likeness (QED) is 0.830. The summed E-state index contributed by atoms with van der Waals surface area (Å²) >= 11 is 0. The van der Waals surface area contributed by atoms with Crippen LogP contribution in [0.5, 0.6) is 0 Å². The Kier molecular flexibility index (Phi) is 4.39. The van der Waals surface area contributed by atoms with E-state index in [1.54, 1.807) is 6.07 Å². The van der Waals surface area contributed by atoms with Crippen LogP contribution >= 0.6 is 0 Å². The van der Waals surface area contributed by atoms with Gasteiger partial charge in [0, 0.05) is 13.1 Å². The molecule has 24 heavy (non-hydrogen) atoms. The zero-order chi connectivity index (χ0) is 18.3. The Hall–Kier alpha value is -2.44. The average molecular weight is 352 g/mol. The van der Waals surface area contributed by atoms with E-state index in [1.807, 2.05) is 0 Å². The highest BCUT2D eigenvalue weighted by molar-refractivity contribution is 5.73. The molecule has 0 amide bonds. The van der Waals surface area contributed by atoms with Gasteiger partial charge in [0.05, 0.1) is 34.7 Å². The van der Waals surface area contributed by atoms with Crippen molar-refractivity contribution in [2.45, 2.75) is 12.4 Å². The van der Waals surface area contributed by atoms with Crippen molar-refractivity contribution >= 4 is 11.7 Å².